The van der Waals surface area contributed by atoms with Crippen LogP contribution in [0.5, 0.6) is 0 Å². The SMILES string of the molecule is CC=Cc1cc2c3c(c1)C(CCC(C)CCCC(C)C)C(CCC(C)CCCC(C)C)c1cc(C)cc(c1-3)C(CCC(C)CCCC(C)C)C2CCC(C)CCCC(C)C. The second kappa shape index (κ2) is 25.5. The van der Waals surface area contributed by atoms with Crippen LogP contribution in [0.2, 0.25) is 0 Å². The van der Waals surface area contributed by atoms with E-state index in [9.17, 15) is 0 Å². The number of benzene rings is 2. The quantitative estimate of drug-likeness (QED) is 0.0767. The van der Waals surface area contributed by atoms with Gasteiger partial charge in [-0.05, 0) is 149 Å². The molecule has 0 nitrogen and oxygen atoms in total. The van der Waals surface area contributed by atoms with Gasteiger partial charge in [0.25, 0.3) is 0 Å². The molecule has 0 fully saturated rings. The van der Waals surface area contributed by atoms with Gasteiger partial charge in [-0.25, -0.2) is 0 Å². The molecule has 2 aliphatic carbocycles. The molecule has 8 unspecified atom stereocenters. The molecule has 2 aliphatic rings. The first kappa shape index (κ1) is 50.8. The van der Waals surface area contributed by atoms with E-state index in [0.717, 1.165) is 47.3 Å². The maximum absolute atomic E-state index is 2.71. The van der Waals surface area contributed by atoms with Crippen molar-refractivity contribution in [2.75, 3.05) is 0 Å². The molecule has 0 saturated carbocycles. The fourth-order valence-corrected chi connectivity index (χ4v) is 11.8. The maximum atomic E-state index is 2.71. The molecule has 340 valence electrons. The summed E-state index contributed by atoms with van der Waals surface area (Å²) in [7, 11) is 0. The Bertz CT molecular complexity index is 1450. The van der Waals surface area contributed by atoms with Crippen LogP contribution in [0.4, 0.5) is 0 Å². The van der Waals surface area contributed by atoms with Gasteiger partial charge in [0.1, 0.15) is 0 Å². The zero-order valence-corrected chi connectivity index (χ0v) is 42.5. The van der Waals surface area contributed by atoms with E-state index in [-0.39, 0.29) is 0 Å². The third-order valence-electron chi connectivity index (χ3n) is 15.5. The van der Waals surface area contributed by atoms with E-state index in [2.05, 4.69) is 133 Å². The summed E-state index contributed by atoms with van der Waals surface area (Å²) in [6, 6.07) is 10.8. The van der Waals surface area contributed by atoms with E-state index in [4.69, 9.17) is 0 Å². The van der Waals surface area contributed by atoms with E-state index in [1.165, 1.54) is 140 Å². The molecule has 0 heteroatoms. The van der Waals surface area contributed by atoms with Crippen LogP contribution in [0, 0.1) is 54.3 Å². The number of allylic oxidation sites excluding steroid dienone is 1. The van der Waals surface area contributed by atoms with Gasteiger partial charge in [0.2, 0.25) is 0 Å². The van der Waals surface area contributed by atoms with Crippen LogP contribution in [-0.4, -0.2) is 0 Å². The molecule has 8 atom stereocenters. The Morgan fingerprint density at radius 3 is 0.900 bits per heavy atom. The zero-order valence-electron chi connectivity index (χ0n) is 42.5. The van der Waals surface area contributed by atoms with Crippen molar-refractivity contribution in [3.63, 3.8) is 0 Å². The highest BCUT2D eigenvalue weighted by Gasteiger charge is 2.43. The van der Waals surface area contributed by atoms with E-state index < -0.39 is 0 Å². The molecule has 0 saturated heterocycles. The van der Waals surface area contributed by atoms with E-state index in [0.29, 0.717) is 23.7 Å². The Morgan fingerprint density at radius 1 is 0.383 bits per heavy atom. The van der Waals surface area contributed by atoms with Gasteiger partial charge in [-0.2, -0.15) is 0 Å². The van der Waals surface area contributed by atoms with Crippen LogP contribution in [-0.2, 0) is 0 Å². The van der Waals surface area contributed by atoms with Crippen molar-refractivity contribution in [1.29, 1.82) is 0 Å². The first-order valence-corrected chi connectivity index (χ1v) is 26.5. The van der Waals surface area contributed by atoms with Gasteiger partial charge in [-0.1, -0.05) is 228 Å². The summed E-state index contributed by atoms with van der Waals surface area (Å²) in [4.78, 5) is 0. The molecular weight excluding hydrogens is 721 g/mol. The number of hydrogen-bond acceptors (Lipinski definition) is 0. The molecule has 60 heavy (non-hydrogen) atoms. The first-order chi connectivity index (χ1) is 28.6. The predicted molar refractivity (Wildman–Crippen MR) is 271 cm³/mol. The van der Waals surface area contributed by atoms with Crippen molar-refractivity contribution in [2.24, 2.45) is 47.3 Å². The van der Waals surface area contributed by atoms with Gasteiger partial charge in [0, 0.05) is 0 Å². The third-order valence-corrected chi connectivity index (χ3v) is 15.5. The van der Waals surface area contributed by atoms with Crippen molar-refractivity contribution in [3.05, 3.63) is 63.7 Å². The summed E-state index contributed by atoms with van der Waals surface area (Å²) in [6.45, 7) is 34.2. The summed E-state index contributed by atoms with van der Waals surface area (Å²) < 4.78 is 0. The van der Waals surface area contributed by atoms with Gasteiger partial charge in [0.05, 0.1) is 0 Å². The van der Waals surface area contributed by atoms with E-state index >= 15 is 0 Å². The third kappa shape index (κ3) is 15.5. The van der Waals surface area contributed by atoms with Crippen LogP contribution in [0.25, 0.3) is 17.2 Å². The fraction of sp³-hybridized carbons (Fsp3) is 0.767. The molecular formula is C60H100. The van der Waals surface area contributed by atoms with Gasteiger partial charge >= 0.3 is 0 Å². The van der Waals surface area contributed by atoms with Crippen molar-refractivity contribution < 1.29 is 0 Å². The monoisotopic (exact) mass is 821 g/mol. The molecule has 4 rings (SSSR count). The average Bonchev–Trinajstić information content (AvgIpc) is 3.16. The lowest BCUT2D eigenvalue weighted by Gasteiger charge is -2.45. The Kier molecular flexibility index (Phi) is 21.6. The minimum atomic E-state index is 0.606. The van der Waals surface area contributed by atoms with Gasteiger partial charge < -0.3 is 0 Å². The molecule has 0 spiro atoms. The maximum Gasteiger partial charge on any atom is -0.00863 e. The van der Waals surface area contributed by atoms with Crippen LogP contribution in [0.3, 0.4) is 0 Å². The Labute approximate surface area is 375 Å². The van der Waals surface area contributed by atoms with Crippen molar-refractivity contribution in [3.8, 4) is 11.1 Å². The van der Waals surface area contributed by atoms with Gasteiger partial charge in [0.15, 0.2) is 0 Å². The van der Waals surface area contributed by atoms with Crippen LogP contribution >= 0.6 is 0 Å². The van der Waals surface area contributed by atoms with Gasteiger partial charge in [-0.15, -0.1) is 0 Å². The van der Waals surface area contributed by atoms with Crippen molar-refractivity contribution >= 4 is 6.08 Å². The van der Waals surface area contributed by atoms with Crippen LogP contribution in [0.15, 0.2) is 30.3 Å². The minimum absolute atomic E-state index is 0.606. The highest BCUT2D eigenvalue weighted by Crippen LogP contribution is 2.61. The van der Waals surface area contributed by atoms with E-state index in [1.807, 2.05) is 0 Å². The number of rotatable bonds is 29. The van der Waals surface area contributed by atoms with Crippen LogP contribution in [0.1, 0.15) is 275 Å². The Balaban J connectivity index is 1.83. The lowest BCUT2D eigenvalue weighted by Crippen LogP contribution is -2.28. The molecule has 2 aromatic rings. The lowest BCUT2D eigenvalue weighted by molar-refractivity contribution is 0.348. The highest BCUT2D eigenvalue weighted by atomic mass is 14.5. The average molecular weight is 821 g/mol. The topological polar surface area (TPSA) is 0 Å². The minimum Gasteiger partial charge on any atom is -0.0871 e. The molecule has 2 aromatic carbocycles. The summed E-state index contributed by atoms with van der Waals surface area (Å²) in [6.07, 6.45) is 32.1. The summed E-state index contributed by atoms with van der Waals surface area (Å²) >= 11 is 0. The first-order valence-electron chi connectivity index (χ1n) is 26.5. The molecule has 0 radical (unpaired) electrons. The van der Waals surface area contributed by atoms with Crippen LogP contribution < -0.4 is 0 Å². The standard InChI is InChI=1S/C60H100/c1-15-20-50-39-57-53(35-31-47(12)27-18-23-43(6)7)51(33-29-45(10)25-16-21-41(2)3)55-37-49(14)38-56-52(34-30-46(11)26-17-22-42(4)5)54(58(40-50)60(57)59(55)56)36-32-48(13)28-19-24-44(8)9/h15,20,37-48,51-54H,16-19,21-36H2,1-14H3. The molecule has 0 aromatic heterocycles. The summed E-state index contributed by atoms with van der Waals surface area (Å²) in [5, 5.41) is 0. The number of aryl methyl sites for hydroxylation is 1. The number of hydrogen-bond donors (Lipinski definition) is 0. The molecule has 0 N–H and O–H groups in total. The molecule has 0 heterocycles. The predicted octanol–water partition coefficient (Wildman–Crippen LogP) is 20.0. The second-order valence-electron chi connectivity index (χ2n) is 23.3. The molecule has 0 aliphatic heterocycles. The second-order valence-corrected chi connectivity index (χ2v) is 23.3. The van der Waals surface area contributed by atoms with E-state index in [1.54, 1.807) is 33.4 Å². The molecule has 0 amide bonds. The highest BCUT2D eigenvalue weighted by molar-refractivity contribution is 5.85. The van der Waals surface area contributed by atoms with Gasteiger partial charge in [-0.3, -0.25) is 0 Å². The zero-order chi connectivity index (χ0) is 43.9. The lowest BCUT2D eigenvalue weighted by atomic mass is 9.58. The normalized spacial score (nSPS) is 20.8. The fourth-order valence-electron chi connectivity index (χ4n) is 11.8. The molecule has 0 bridgehead atoms. The van der Waals surface area contributed by atoms with Crippen molar-refractivity contribution in [2.45, 2.75) is 249 Å². The smallest absolute Gasteiger partial charge is 0.00863 e. The largest absolute Gasteiger partial charge is 0.0871 e. The Hall–Kier alpha value is -1.82. The van der Waals surface area contributed by atoms with Crippen molar-refractivity contribution in [1.82, 2.24) is 0 Å². The summed E-state index contributed by atoms with van der Waals surface area (Å²) in [5.74, 6) is 8.86. The Morgan fingerprint density at radius 2 is 0.650 bits per heavy atom. The summed E-state index contributed by atoms with van der Waals surface area (Å²) in [5.41, 5.74) is 13.4.